The van der Waals surface area contributed by atoms with Crippen LogP contribution in [0.3, 0.4) is 0 Å². The fourth-order valence-electron chi connectivity index (χ4n) is 2.77. The summed E-state index contributed by atoms with van der Waals surface area (Å²) in [5.41, 5.74) is 0.518. The molecular weight excluding hydrogens is 279 g/mol. The number of ether oxygens (including phenoxy) is 1. The Morgan fingerprint density at radius 3 is 2.48 bits per heavy atom. The lowest BCUT2D eigenvalue weighted by Gasteiger charge is -2.31. The number of nitrogens with zero attached hydrogens (tertiary/aromatic N) is 1. The van der Waals surface area contributed by atoms with Gasteiger partial charge >= 0.3 is 6.18 Å². The Morgan fingerprint density at radius 1 is 1.24 bits per heavy atom. The fraction of sp³-hybridized carbons (Fsp3) is 0.625. The van der Waals surface area contributed by atoms with Crippen molar-refractivity contribution in [3.05, 3.63) is 29.3 Å². The van der Waals surface area contributed by atoms with Crippen molar-refractivity contribution in [2.75, 3.05) is 31.2 Å². The molecule has 0 bridgehead atoms. The van der Waals surface area contributed by atoms with Crippen LogP contribution in [0.5, 0.6) is 0 Å². The zero-order valence-corrected chi connectivity index (χ0v) is 12.5. The summed E-state index contributed by atoms with van der Waals surface area (Å²) in [7, 11) is 0. The van der Waals surface area contributed by atoms with E-state index in [1.54, 1.807) is 11.0 Å². The summed E-state index contributed by atoms with van der Waals surface area (Å²) in [6, 6.07) is 4.78. The maximum Gasteiger partial charge on any atom is 0.418 e. The SMILES string of the molecule is CCCC(C)c1ccc(N2CCOCC2)c(C(F)(F)F)c1. The first-order valence-electron chi connectivity index (χ1n) is 7.47. The monoisotopic (exact) mass is 301 g/mol. The van der Waals surface area contributed by atoms with E-state index in [1.165, 1.54) is 6.07 Å². The van der Waals surface area contributed by atoms with Crippen molar-refractivity contribution >= 4 is 5.69 Å². The van der Waals surface area contributed by atoms with Crippen molar-refractivity contribution < 1.29 is 17.9 Å². The average molecular weight is 301 g/mol. The minimum atomic E-state index is -4.32. The van der Waals surface area contributed by atoms with Crippen molar-refractivity contribution in [3.8, 4) is 0 Å². The molecule has 0 N–H and O–H groups in total. The Hall–Kier alpha value is -1.23. The lowest BCUT2D eigenvalue weighted by molar-refractivity contribution is -0.137. The Bertz CT molecular complexity index is 467. The number of alkyl halides is 3. The van der Waals surface area contributed by atoms with E-state index in [1.807, 2.05) is 19.9 Å². The van der Waals surface area contributed by atoms with Crippen LogP contribution >= 0.6 is 0 Å². The average Bonchev–Trinajstić information content (AvgIpc) is 2.47. The summed E-state index contributed by atoms with van der Waals surface area (Å²) in [6.07, 6.45) is -2.46. The van der Waals surface area contributed by atoms with Gasteiger partial charge in [-0.05, 0) is 30.0 Å². The molecule has 1 aliphatic rings. The molecule has 0 aromatic heterocycles. The molecule has 21 heavy (non-hydrogen) atoms. The van der Waals surface area contributed by atoms with Gasteiger partial charge in [-0.25, -0.2) is 0 Å². The molecule has 1 aromatic rings. The highest BCUT2D eigenvalue weighted by Gasteiger charge is 2.35. The minimum Gasteiger partial charge on any atom is -0.378 e. The molecular formula is C16H22F3NO. The summed E-state index contributed by atoms with van der Waals surface area (Å²) in [5.74, 6) is 0.148. The lowest BCUT2D eigenvalue weighted by Crippen LogP contribution is -2.37. The van der Waals surface area contributed by atoms with Crippen molar-refractivity contribution in [2.24, 2.45) is 0 Å². The number of morpholine rings is 1. The van der Waals surface area contributed by atoms with Crippen molar-refractivity contribution in [2.45, 2.75) is 38.8 Å². The maximum atomic E-state index is 13.4. The van der Waals surface area contributed by atoms with Gasteiger partial charge in [0.05, 0.1) is 18.8 Å². The third-order valence-electron chi connectivity index (χ3n) is 3.97. The number of rotatable bonds is 4. The second-order valence-electron chi connectivity index (χ2n) is 5.56. The second-order valence-corrected chi connectivity index (χ2v) is 5.56. The van der Waals surface area contributed by atoms with E-state index in [2.05, 4.69) is 0 Å². The van der Waals surface area contributed by atoms with Crippen LogP contribution in [0.2, 0.25) is 0 Å². The molecule has 1 heterocycles. The van der Waals surface area contributed by atoms with E-state index in [-0.39, 0.29) is 11.6 Å². The van der Waals surface area contributed by atoms with Crippen LogP contribution in [0, 0.1) is 0 Å². The number of anilines is 1. The molecule has 1 atom stereocenters. The highest BCUT2D eigenvalue weighted by Crippen LogP contribution is 2.39. The standard InChI is InChI=1S/C16H22F3NO/c1-3-4-12(2)13-5-6-15(14(11-13)16(17,18)19)20-7-9-21-10-8-20/h5-6,11-12H,3-4,7-10H2,1-2H3. The van der Waals surface area contributed by atoms with Crippen LogP contribution < -0.4 is 4.90 Å². The molecule has 1 fully saturated rings. The van der Waals surface area contributed by atoms with Gasteiger partial charge in [0.2, 0.25) is 0 Å². The van der Waals surface area contributed by atoms with Gasteiger partial charge in [-0.3, -0.25) is 0 Å². The van der Waals surface area contributed by atoms with E-state index >= 15 is 0 Å². The molecule has 5 heteroatoms. The van der Waals surface area contributed by atoms with Crippen LogP contribution in [0.1, 0.15) is 43.7 Å². The second kappa shape index (κ2) is 6.69. The topological polar surface area (TPSA) is 12.5 Å². The van der Waals surface area contributed by atoms with Crippen molar-refractivity contribution in [3.63, 3.8) is 0 Å². The maximum absolute atomic E-state index is 13.4. The molecule has 0 saturated carbocycles. The number of halogens is 3. The van der Waals surface area contributed by atoms with Gasteiger partial charge in [0.15, 0.2) is 0 Å². The summed E-state index contributed by atoms with van der Waals surface area (Å²) in [4.78, 5) is 1.76. The first-order chi connectivity index (χ1) is 9.93. The van der Waals surface area contributed by atoms with Gasteiger partial charge in [0.25, 0.3) is 0 Å². The van der Waals surface area contributed by atoms with Crippen LogP contribution in [0.4, 0.5) is 18.9 Å². The number of hydrogen-bond donors (Lipinski definition) is 0. The van der Waals surface area contributed by atoms with E-state index in [0.717, 1.165) is 18.4 Å². The van der Waals surface area contributed by atoms with Crippen molar-refractivity contribution in [1.82, 2.24) is 0 Å². The molecule has 0 amide bonds. The van der Waals surface area contributed by atoms with Gasteiger partial charge in [0, 0.05) is 18.8 Å². The normalized spacial score (nSPS) is 17.9. The molecule has 118 valence electrons. The smallest absolute Gasteiger partial charge is 0.378 e. The van der Waals surface area contributed by atoms with Crippen molar-refractivity contribution in [1.29, 1.82) is 0 Å². The molecule has 0 spiro atoms. The van der Waals surface area contributed by atoms with Gasteiger partial charge < -0.3 is 9.64 Å². The van der Waals surface area contributed by atoms with E-state index in [9.17, 15) is 13.2 Å². The molecule has 1 aliphatic heterocycles. The van der Waals surface area contributed by atoms with E-state index in [0.29, 0.717) is 26.3 Å². The van der Waals surface area contributed by atoms with Gasteiger partial charge in [-0.2, -0.15) is 13.2 Å². The Balaban J connectivity index is 2.36. The molecule has 1 saturated heterocycles. The summed E-state index contributed by atoms with van der Waals surface area (Å²) < 4.78 is 45.3. The Labute approximate surface area is 123 Å². The predicted molar refractivity (Wildman–Crippen MR) is 77.8 cm³/mol. The zero-order valence-electron chi connectivity index (χ0n) is 12.5. The zero-order chi connectivity index (χ0) is 15.5. The Kier molecular flexibility index (Phi) is 5.14. The molecule has 2 rings (SSSR count). The van der Waals surface area contributed by atoms with Gasteiger partial charge in [0.1, 0.15) is 0 Å². The third kappa shape index (κ3) is 3.90. The molecule has 1 aromatic carbocycles. The highest BCUT2D eigenvalue weighted by atomic mass is 19.4. The summed E-state index contributed by atoms with van der Waals surface area (Å²) >= 11 is 0. The largest absolute Gasteiger partial charge is 0.418 e. The quantitative estimate of drug-likeness (QED) is 0.815. The van der Waals surface area contributed by atoms with E-state index in [4.69, 9.17) is 4.74 Å². The minimum absolute atomic E-state index is 0.148. The summed E-state index contributed by atoms with van der Waals surface area (Å²) in [5, 5.41) is 0. The molecule has 2 nitrogen and oxygen atoms in total. The van der Waals surface area contributed by atoms with Gasteiger partial charge in [-0.15, -0.1) is 0 Å². The third-order valence-corrected chi connectivity index (χ3v) is 3.97. The Morgan fingerprint density at radius 2 is 1.90 bits per heavy atom. The fourth-order valence-corrected chi connectivity index (χ4v) is 2.77. The first kappa shape index (κ1) is 16.1. The van der Waals surface area contributed by atoms with Crippen LogP contribution in [0.25, 0.3) is 0 Å². The van der Waals surface area contributed by atoms with Gasteiger partial charge in [-0.1, -0.05) is 26.3 Å². The first-order valence-corrected chi connectivity index (χ1v) is 7.47. The van der Waals surface area contributed by atoms with Crippen LogP contribution in [0.15, 0.2) is 18.2 Å². The summed E-state index contributed by atoms with van der Waals surface area (Å²) in [6.45, 7) is 5.99. The van der Waals surface area contributed by atoms with Crippen LogP contribution in [-0.4, -0.2) is 26.3 Å². The molecule has 1 unspecified atom stereocenters. The number of hydrogen-bond acceptors (Lipinski definition) is 2. The predicted octanol–water partition coefficient (Wildman–Crippen LogP) is 4.45. The van der Waals surface area contributed by atoms with Crippen LogP contribution in [-0.2, 0) is 10.9 Å². The van der Waals surface area contributed by atoms with E-state index < -0.39 is 11.7 Å². The molecule has 0 radical (unpaired) electrons. The highest BCUT2D eigenvalue weighted by molar-refractivity contribution is 5.57. The number of benzene rings is 1. The molecule has 0 aliphatic carbocycles. The lowest BCUT2D eigenvalue weighted by atomic mass is 9.94.